The maximum absolute atomic E-state index is 13.0. The lowest BCUT2D eigenvalue weighted by atomic mass is 9.43. The minimum atomic E-state index is -0.840. The standard InChI is InChI=1S/C31H48O7/c1-19(9-12-27(35)37-4)22-10-11-23-29-24(14-16-31(22,23)3)30(2)15-13-21(32)17-20(30)18-25(29)38-28(36)8-6-5-7-26(33)34/h19-20,22-25,29H,5-18H2,1-4H3,(H,33,34)/t19-,20?,22-,23+,24+,25-,29+,30+,31-/m1/s1. The third-order valence-corrected chi connectivity index (χ3v) is 11.6. The molecule has 214 valence electrons. The van der Waals surface area contributed by atoms with Crippen LogP contribution in [-0.2, 0) is 28.7 Å². The summed E-state index contributed by atoms with van der Waals surface area (Å²) in [7, 11) is 1.45. The van der Waals surface area contributed by atoms with E-state index in [0.29, 0.717) is 67.5 Å². The summed E-state index contributed by atoms with van der Waals surface area (Å²) >= 11 is 0. The second-order valence-corrected chi connectivity index (χ2v) is 13.4. The number of aliphatic carboxylic acids is 1. The number of carbonyl (C=O) groups is 4. The predicted octanol–water partition coefficient (Wildman–Crippen LogP) is 5.97. The van der Waals surface area contributed by atoms with Crippen molar-refractivity contribution in [2.24, 2.45) is 46.3 Å². The van der Waals surface area contributed by atoms with Crippen molar-refractivity contribution in [3.8, 4) is 0 Å². The third-order valence-electron chi connectivity index (χ3n) is 11.6. The summed E-state index contributed by atoms with van der Waals surface area (Å²) in [5, 5.41) is 8.90. The molecule has 0 heterocycles. The molecule has 1 unspecified atom stereocenters. The Morgan fingerprint density at radius 1 is 0.974 bits per heavy atom. The Hall–Kier alpha value is -1.92. The van der Waals surface area contributed by atoms with E-state index in [1.807, 2.05) is 0 Å². The molecule has 38 heavy (non-hydrogen) atoms. The molecule has 0 radical (unpaired) electrons. The van der Waals surface area contributed by atoms with Crippen LogP contribution in [0, 0.1) is 46.3 Å². The number of esters is 2. The normalized spacial score (nSPS) is 38.9. The number of rotatable bonds is 10. The summed E-state index contributed by atoms with van der Waals surface area (Å²) in [6.07, 6.45) is 9.91. The molecule has 0 aliphatic heterocycles. The lowest BCUT2D eigenvalue weighted by Gasteiger charge is -2.62. The van der Waals surface area contributed by atoms with E-state index in [2.05, 4.69) is 20.8 Å². The number of Topliss-reactive ketones (excluding diaryl/α,β-unsaturated/α-hetero) is 1. The summed E-state index contributed by atoms with van der Waals surface area (Å²) in [6, 6.07) is 0. The Bertz CT molecular complexity index is 914. The van der Waals surface area contributed by atoms with Gasteiger partial charge in [-0.3, -0.25) is 19.2 Å². The lowest BCUT2D eigenvalue weighted by Crippen LogP contribution is -2.59. The maximum atomic E-state index is 13.0. The molecule has 9 atom stereocenters. The number of unbranched alkanes of at least 4 members (excludes halogenated alkanes) is 1. The fourth-order valence-electron chi connectivity index (χ4n) is 9.51. The molecule has 4 rings (SSSR count). The van der Waals surface area contributed by atoms with Crippen LogP contribution >= 0.6 is 0 Å². The summed E-state index contributed by atoms with van der Waals surface area (Å²) < 4.78 is 11.2. The maximum Gasteiger partial charge on any atom is 0.306 e. The van der Waals surface area contributed by atoms with Crippen LogP contribution in [0.2, 0.25) is 0 Å². The number of hydrogen-bond acceptors (Lipinski definition) is 6. The van der Waals surface area contributed by atoms with Crippen LogP contribution in [0.15, 0.2) is 0 Å². The summed E-state index contributed by atoms with van der Waals surface area (Å²) in [5.41, 5.74) is 0.259. The number of ketones is 1. The molecule has 0 aromatic rings. The molecule has 7 nitrogen and oxygen atoms in total. The van der Waals surface area contributed by atoms with Gasteiger partial charge in [0.05, 0.1) is 7.11 Å². The van der Waals surface area contributed by atoms with Gasteiger partial charge in [0.25, 0.3) is 0 Å². The molecule has 0 aromatic heterocycles. The molecule has 4 aliphatic carbocycles. The Morgan fingerprint density at radius 3 is 2.39 bits per heavy atom. The zero-order valence-electron chi connectivity index (χ0n) is 23.8. The molecule has 4 fully saturated rings. The van der Waals surface area contributed by atoms with E-state index < -0.39 is 5.97 Å². The first kappa shape index (κ1) is 29.1. The number of carboxylic acid groups (broad SMARTS) is 1. The monoisotopic (exact) mass is 532 g/mol. The first-order chi connectivity index (χ1) is 18.0. The molecular formula is C31H48O7. The largest absolute Gasteiger partial charge is 0.481 e. The highest BCUT2D eigenvalue weighted by Gasteiger charge is 2.63. The zero-order chi connectivity index (χ0) is 27.7. The first-order valence-corrected chi connectivity index (χ1v) is 15.0. The summed E-state index contributed by atoms with van der Waals surface area (Å²) in [5.74, 6) is 1.55. The summed E-state index contributed by atoms with van der Waals surface area (Å²) in [6.45, 7) is 7.14. The molecule has 4 saturated carbocycles. The SMILES string of the molecule is COC(=O)CC[C@@H](C)[C@H]1CC[C@H]2[C@@H]3[C@H](OC(=O)CCCCC(=O)O)CC4CC(=O)CC[C@]4(C)[C@H]3CC[C@]12C. The third kappa shape index (κ3) is 5.67. The molecule has 0 spiro atoms. The number of carbonyl (C=O) groups excluding carboxylic acids is 3. The fraction of sp³-hybridized carbons (Fsp3) is 0.871. The highest BCUT2D eigenvalue weighted by molar-refractivity contribution is 5.79. The van der Waals surface area contributed by atoms with Gasteiger partial charge >= 0.3 is 17.9 Å². The van der Waals surface area contributed by atoms with Crippen LogP contribution in [0.25, 0.3) is 0 Å². The molecule has 0 bridgehead atoms. The van der Waals surface area contributed by atoms with Crippen molar-refractivity contribution in [1.29, 1.82) is 0 Å². The molecule has 1 N–H and O–H groups in total. The molecule has 4 aliphatic rings. The second kappa shape index (κ2) is 11.7. The van der Waals surface area contributed by atoms with Crippen LogP contribution in [0.1, 0.15) is 111 Å². The van der Waals surface area contributed by atoms with E-state index in [0.717, 1.165) is 44.9 Å². The van der Waals surface area contributed by atoms with E-state index in [-0.39, 0.29) is 47.6 Å². The van der Waals surface area contributed by atoms with Crippen molar-refractivity contribution < 1.29 is 33.8 Å². The Balaban J connectivity index is 1.54. The number of methoxy groups -OCH3 is 1. The average molecular weight is 533 g/mol. The Kier molecular flexibility index (Phi) is 8.93. The molecular weight excluding hydrogens is 484 g/mol. The number of hydrogen-bond donors (Lipinski definition) is 1. The van der Waals surface area contributed by atoms with Crippen LogP contribution in [-0.4, -0.2) is 42.0 Å². The molecule has 0 saturated heterocycles. The smallest absolute Gasteiger partial charge is 0.306 e. The summed E-state index contributed by atoms with van der Waals surface area (Å²) in [4.78, 5) is 48.1. The van der Waals surface area contributed by atoms with E-state index in [1.165, 1.54) is 7.11 Å². The fourth-order valence-corrected chi connectivity index (χ4v) is 9.51. The van der Waals surface area contributed by atoms with Crippen LogP contribution < -0.4 is 0 Å². The van der Waals surface area contributed by atoms with Crippen LogP contribution in [0.3, 0.4) is 0 Å². The van der Waals surface area contributed by atoms with Gasteiger partial charge in [0, 0.05) is 38.0 Å². The number of carboxylic acids is 1. The quantitative estimate of drug-likeness (QED) is 0.273. The highest BCUT2D eigenvalue weighted by Crippen LogP contribution is 2.68. The van der Waals surface area contributed by atoms with Gasteiger partial charge in [0.2, 0.25) is 0 Å². The lowest BCUT2D eigenvalue weighted by molar-refractivity contribution is -0.191. The van der Waals surface area contributed by atoms with Crippen molar-refractivity contribution in [2.45, 2.75) is 117 Å². The average Bonchev–Trinajstić information content (AvgIpc) is 3.23. The minimum Gasteiger partial charge on any atom is -0.481 e. The number of ether oxygens (including phenoxy) is 2. The van der Waals surface area contributed by atoms with E-state index in [9.17, 15) is 19.2 Å². The Labute approximate surface area is 227 Å². The van der Waals surface area contributed by atoms with Gasteiger partial charge in [0.1, 0.15) is 11.9 Å². The molecule has 0 aromatic carbocycles. The molecule has 0 amide bonds. The predicted molar refractivity (Wildman–Crippen MR) is 142 cm³/mol. The minimum absolute atomic E-state index is 0.0694. The highest BCUT2D eigenvalue weighted by atomic mass is 16.5. The first-order valence-electron chi connectivity index (χ1n) is 15.0. The van der Waals surface area contributed by atoms with Gasteiger partial charge in [-0.1, -0.05) is 20.8 Å². The van der Waals surface area contributed by atoms with Crippen LogP contribution in [0.5, 0.6) is 0 Å². The topological polar surface area (TPSA) is 107 Å². The van der Waals surface area contributed by atoms with Gasteiger partial charge in [-0.05, 0) is 98.2 Å². The van der Waals surface area contributed by atoms with Crippen molar-refractivity contribution in [1.82, 2.24) is 0 Å². The van der Waals surface area contributed by atoms with Gasteiger partial charge in [0.15, 0.2) is 0 Å². The molecule has 7 heteroatoms. The van der Waals surface area contributed by atoms with E-state index >= 15 is 0 Å². The van der Waals surface area contributed by atoms with Crippen molar-refractivity contribution in [3.05, 3.63) is 0 Å². The van der Waals surface area contributed by atoms with Crippen LogP contribution in [0.4, 0.5) is 0 Å². The van der Waals surface area contributed by atoms with Gasteiger partial charge in [-0.25, -0.2) is 0 Å². The zero-order valence-corrected chi connectivity index (χ0v) is 23.8. The second-order valence-electron chi connectivity index (χ2n) is 13.4. The van der Waals surface area contributed by atoms with Gasteiger partial charge < -0.3 is 14.6 Å². The number of fused-ring (bicyclic) bond motifs is 5. The van der Waals surface area contributed by atoms with Gasteiger partial charge in [-0.2, -0.15) is 0 Å². The van der Waals surface area contributed by atoms with Crippen molar-refractivity contribution >= 4 is 23.7 Å². The van der Waals surface area contributed by atoms with Crippen molar-refractivity contribution in [2.75, 3.05) is 7.11 Å². The van der Waals surface area contributed by atoms with Gasteiger partial charge in [-0.15, -0.1) is 0 Å². The Morgan fingerprint density at radius 2 is 1.68 bits per heavy atom. The van der Waals surface area contributed by atoms with E-state index in [1.54, 1.807) is 0 Å². The van der Waals surface area contributed by atoms with E-state index in [4.69, 9.17) is 14.6 Å². The van der Waals surface area contributed by atoms with Crippen molar-refractivity contribution in [3.63, 3.8) is 0 Å².